The van der Waals surface area contributed by atoms with Crippen molar-refractivity contribution in [3.8, 4) is 0 Å². The van der Waals surface area contributed by atoms with Gasteiger partial charge in [-0.2, -0.15) is 0 Å². The zero-order valence-electron chi connectivity index (χ0n) is 21.3. The summed E-state index contributed by atoms with van der Waals surface area (Å²) >= 11 is 0. The number of anilines is 1. The monoisotopic (exact) mass is 473 g/mol. The van der Waals surface area contributed by atoms with Gasteiger partial charge in [0.15, 0.2) is 5.78 Å². The number of fused-ring (bicyclic) bond motifs is 5. The van der Waals surface area contributed by atoms with Crippen LogP contribution in [0.1, 0.15) is 52.4 Å². The summed E-state index contributed by atoms with van der Waals surface area (Å²) < 4.78 is 0. The fraction of sp³-hybridized carbons (Fsp3) is 0.633. The van der Waals surface area contributed by atoms with Gasteiger partial charge in [0.25, 0.3) is 0 Å². The maximum Gasteiger partial charge on any atom is 0.178 e. The van der Waals surface area contributed by atoms with Gasteiger partial charge in [-0.15, -0.1) is 0 Å². The topological polar surface area (TPSA) is 53.5 Å². The summed E-state index contributed by atoms with van der Waals surface area (Å²) in [6.07, 6.45) is 14.6. The number of allylic oxidation sites excluding steroid dienone is 4. The van der Waals surface area contributed by atoms with Crippen molar-refractivity contribution in [3.63, 3.8) is 0 Å². The first-order valence-corrected chi connectivity index (χ1v) is 13.7. The number of rotatable bonds is 4. The second-order valence-electron chi connectivity index (χ2n) is 12.2. The number of piperazine rings is 1. The lowest BCUT2D eigenvalue weighted by atomic mass is 9.47. The zero-order valence-corrected chi connectivity index (χ0v) is 21.3. The number of carbonyl (C=O) groups excluding carboxylic acids is 2. The molecule has 2 heterocycles. The fourth-order valence-corrected chi connectivity index (χ4v) is 8.73. The summed E-state index contributed by atoms with van der Waals surface area (Å²) in [6.45, 7) is 9.13. The molecule has 6 rings (SSSR count). The van der Waals surface area contributed by atoms with Crippen LogP contribution < -0.4 is 4.90 Å². The molecule has 0 bridgehead atoms. The Hall–Kier alpha value is -2.27. The predicted molar refractivity (Wildman–Crippen MR) is 138 cm³/mol. The van der Waals surface area contributed by atoms with Gasteiger partial charge in [0.1, 0.15) is 11.6 Å². The van der Waals surface area contributed by atoms with Crippen LogP contribution in [-0.4, -0.2) is 54.2 Å². The van der Waals surface area contributed by atoms with E-state index in [0.29, 0.717) is 30.1 Å². The first kappa shape index (κ1) is 23.1. The number of carbonyl (C=O) groups is 2. The summed E-state index contributed by atoms with van der Waals surface area (Å²) in [5.74, 6) is 3.80. The number of aromatic nitrogens is 1. The quantitative estimate of drug-likeness (QED) is 0.635. The Morgan fingerprint density at radius 1 is 1.06 bits per heavy atom. The van der Waals surface area contributed by atoms with Crippen molar-refractivity contribution >= 4 is 17.4 Å². The van der Waals surface area contributed by atoms with Crippen molar-refractivity contribution in [3.05, 3.63) is 48.2 Å². The van der Waals surface area contributed by atoms with E-state index >= 15 is 0 Å². The Bertz CT molecular complexity index is 1060. The summed E-state index contributed by atoms with van der Waals surface area (Å²) in [5, 5.41) is 0. The SMILES string of the molecule is C[C@]12CC[C@H]3[C@@H](CCC4=CC(=O)C=C[C@@]43C)[C@@H]1CC[C@@H]2C(=O)CN1CCN(c2ccccn2)CC1. The van der Waals surface area contributed by atoms with Crippen LogP contribution in [0.3, 0.4) is 0 Å². The molecule has 0 amide bonds. The molecular formula is C30H39N3O2. The standard InChI is InChI=1S/C30H39N3O2/c1-29-12-10-22(34)19-21(29)6-7-23-24-8-9-26(30(24,2)13-11-25(23)29)27(35)20-32-15-17-33(18-16-32)28-5-3-4-14-31-28/h3-5,10,12,14,19,23-26H,6-9,11,13,15-18,20H2,1-2H3/t23-,24-,25-,26+,29-,30-/m0/s1. The molecule has 5 heteroatoms. The average Bonchev–Trinajstić information content (AvgIpc) is 3.23. The van der Waals surface area contributed by atoms with Crippen LogP contribution in [0.2, 0.25) is 0 Å². The molecule has 3 saturated carbocycles. The minimum atomic E-state index is 0.0353. The summed E-state index contributed by atoms with van der Waals surface area (Å²) in [5.41, 5.74) is 1.53. The first-order chi connectivity index (χ1) is 16.9. The van der Waals surface area contributed by atoms with E-state index in [0.717, 1.165) is 51.3 Å². The third-order valence-corrected chi connectivity index (χ3v) is 10.7. The molecular weight excluding hydrogens is 434 g/mol. The molecule has 4 aliphatic carbocycles. The van der Waals surface area contributed by atoms with Gasteiger partial charge >= 0.3 is 0 Å². The van der Waals surface area contributed by atoms with E-state index in [4.69, 9.17) is 0 Å². The highest BCUT2D eigenvalue weighted by atomic mass is 16.1. The van der Waals surface area contributed by atoms with Gasteiger partial charge in [0, 0.05) is 43.7 Å². The lowest BCUT2D eigenvalue weighted by Crippen LogP contribution is -2.52. The van der Waals surface area contributed by atoms with Gasteiger partial charge in [-0.25, -0.2) is 4.98 Å². The highest BCUT2D eigenvalue weighted by Gasteiger charge is 2.59. The van der Waals surface area contributed by atoms with Crippen LogP contribution in [0, 0.1) is 34.5 Å². The van der Waals surface area contributed by atoms with Crippen LogP contribution in [0.4, 0.5) is 5.82 Å². The highest BCUT2D eigenvalue weighted by Crippen LogP contribution is 2.66. The molecule has 186 valence electrons. The van der Waals surface area contributed by atoms with Crippen LogP contribution in [0.15, 0.2) is 48.2 Å². The minimum absolute atomic E-state index is 0.0353. The normalized spacial score (nSPS) is 39.0. The van der Waals surface area contributed by atoms with Crippen molar-refractivity contribution < 1.29 is 9.59 Å². The van der Waals surface area contributed by atoms with E-state index in [1.807, 2.05) is 24.4 Å². The number of hydrogen-bond acceptors (Lipinski definition) is 5. The maximum absolute atomic E-state index is 13.7. The molecule has 35 heavy (non-hydrogen) atoms. The molecule has 5 aliphatic rings. The Morgan fingerprint density at radius 3 is 2.66 bits per heavy atom. The molecule has 0 N–H and O–H groups in total. The van der Waals surface area contributed by atoms with Gasteiger partial charge in [-0.1, -0.05) is 31.6 Å². The lowest BCUT2D eigenvalue weighted by molar-refractivity contribution is -0.130. The number of hydrogen-bond donors (Lipinski definition) is 0. The molecule has 1 aromatic rings. The van der Waals surface area contributed by atoms with Crippen molar-refractivity contribution in [2.75, 3.05) is 37.6 Å². The summed E-state index contributed by atoms with van der Waals surface area (Å²) in [6, 6.07) is 6.07. The Morgan fingerprint density at radius 2 is 1.89 bits per heavy atom. The van der Waals surface area contributed by atoms with E-state index < -0.39 is 0 Å². The van der Waals surface area contributed by atoms with Crippen molar-refractivity contribution in [1.82, 2.24) is 9.88 Å². The third-order valence-electron chi connectivity index (χ3n) is 10.7. The Labute approximate surface area is 209 Å². The van der Waals surface area contributed by atoms with Crippen molar-refractivity contribution in [1.29, 1.82) is 0 Å². The van der Waals surface area contributed by atoms with Crippen molar-refractivity contribution in [2.45, 2.75) is 52.4 Å². The second kappa shape index (κ2) is 8.69. The van der Waals surface area contributed by atoms with Gasteiger partial charge in [0.05, 0.1) is 6.54 Å². The molecule has 1 aliphatic heterocycles. The lowest BCUT2D eigenvalue weighted by Gasteiger charge is -2.57. The van der Waals surface area contributed by atoms with Crippen LogP contribution in [-0.2, 0) is 9.59 Å². The predicted octanol–water partition coefficient (Wildman–Crippen LogP) is 4.70. The van der Waals surface area contributed by atoms with Gasteiger partial charge in [-0.3, -0.25) is 14.5 Å². The number of nitrogens with zero attached hydrogens (tertiary/aromatic N) is 3. The second-order valence-corrected chi connectivity index (χ2v) is 12.2. The van der Waals surface area contributed by atoms with E-state index in [2.05, 4.69) is 40.8 Å². The number of pyridine rings is 1. The van der Waals surface area contributed by atoms with Gasteiger partial charge in [-0.05, 0) is 86.0 Å². The number of ketones is 2. The Kier molecular flexibility index (Phi) is 5.75. The van der Waals surface area contributed by atoms with Crippen LogP contribution >= 0.6 is 0 Å². The average molecular weight is 474 g/mol. The molecule has 0 aromatic carbocycles. The van der Waals surface area contributed by atoms with Gasteiger partial charge < -0.3 is 4.90 Å². The minimum Gasteiger partial charge on any atom is -0.354 e. The Balaban J connectivity index is 1.11. The third kappa shape index (κ3) is 3.82. The molecule has 0 spiro atoms. The molecule has 5 nitrogen and oxygen atoms in total. The largest absolute Gasteiger partial charge is 0.354 e. The summed E-state index contributed by atoms with van der Waals surface area (Å²) in [7, 11) is 0. The fourth-order valence-electron chi connectivity index (χ4n) is 8.73. The van der Waals surface area contributed by atoms with Gasteiger partial charge in [0.2, 0.25) is 0 Å². The molecule has 1 saturated heterocycles. The maximum atomic E-state index is 13.7. The van der Waals surface area contributed by atoms with E-state index in [1.54, 1.807) is 6.08 Å². The van der Waals surface area contributed by atoms with Crippen molar-refractivity contribution in [2.24, 2.45) is 34.5 Å². The zero-order chi connectivity index (χ0) is 24.2. The molecule has 4 fully saturated rings. The summed E-state index contributed by atoms with van der Waals surface area (Å²) in [4.78, 5) is 34.9. The van der Waals surface area contributed by atoms with Crippen LogP contribution in [0.25, 0.3) is 0 Å². The molecule has 6 atom stereocenters. The number of Topliss-reactive ketones (excluding diaryl/α,β-unsaturated/α-hetero) is 1. The van der Waals surface area contributed by atoms with E-state index in [9.17, 15) is 9.59 Å². The molecule has 0 radical (unpaired) electrons. The first-order valence-electron chi connectivity index (χ1n) is 13.7. The molecule has 0 unspecified atom stereocenters. The van der Waals surface area contributed by atoms with E-state index in [1.165, 1.54) is 24.8 Å². The smallest absolute Gasteiger partial charge is 0.178 e. The molecule has 1 aromatic heterocycles. The highest BCUT2D eigenvalue weighted by molar-refractivity contribution is 6.01. The van der Waals surface area contributed by atoms with E-state index in [-0.39, 0.29) is 22.5 Å². The van der Waals surface area contributed by atoms with Crippen LogP contribution in [0.5, 0.6) is 0 Å².